The van der Waals surface area contributed by atoms with Crippen molar-refractivity contribution >= 4 is 58.4 Å². The fraction of sp³-hybridized carbons (Fsp3) is 0.391. The first kappa shape index (κ1) is 25.9. The second-order valence-electron chi connectivity index (χ2n) is 8.31. The van der Waals surface area contributed by atoms with Gasteiger partial charge in [-0.3, -0.25) is 9.59 Å². The molecule has 0 saturated carbocycles. The number of hydrogen-bond acceptors (Lipinski definition) is 3. The minimum Gasteiger partial charge on any atom is -0.350 e. The number of amides is 2. The molecule has 0 fully saturated rings. The molecule has 0 aliphatic heterocycles. The lowest BCUT2D eigenvalue weighted by Gasteiger charge is -2.31. The van der Waals surface area contributed by atoms with Gasteiger partial charge in [0.05, 0.1) is 15.8 Å². The van der Waals surface area contributed by atoms with E-state index in [4.69, 9.17) is 34.8 Å². The Balaban J connectivity index is 2.10. The fourth-order valence-electron chi connectivity index (χ4n) is 2.86. The second-order valence-corrected chi connectivity index (χ2v) is 10.5. The van der Waals surface area contributed by atoms with E-state index in [1.165, 1.54) is 11.8 Å². The summed E-state index contributed by atoms with van der Waals surface area (Å²) >= 11 is 19.6. The zero-order valence-corrected chi connectivity index (χ0v) is 21.1. The van der Waals surface area contributed by atoms with Gasteiger partial charge >= 0.3 is 0 Å². The Morgan fingerprint density at radius 1 is 1.03 bits per heavy atom. The molecule has 0 saturated heterocycles. The van der Waals surface area contributed by atoms with Gasteiger partial charge < -0.3 is 10.2 Å². The summed E-state index contributed by atoms with van der Waals surface area (Å²) in [4.78, 5) is 27.5. The molecule has 8 heteroatoms. The van der Waals surface area contributed by atoms with E-state index >= 15 is 0 Å². The Kier molecular flexibility index (Phi) is 9.56. The molecule has 2 aromatic carbocycles. The lowest BCUT2D eigenvalue weighted by atomic mass is 10.1. The Morgan fingerprint density at radius 3 is 2.35 bits per heavy atom. The molecular formula is C23H27Cl3N2O2S. The molecule has 0 aromatic heterocycles. The standard InChI is InChI=1S/C23H27Cl3N2O2S/c1-15(22(30)27-23(2,3)4)28(12-16-6-5-7-18(24)10-16)21(29)14-31-13-17-8-9-19(25)20(26)11-17/h5-11,15H,12-14H2,1-4H3,(H,27,30)/t15-/m1/s1. The molecule has 0 spiro atoms. The Labute approximate surface area is 203 Å². The van der Waals surface area contributed by atoms with Crippen LogP contribution in [0.25, 0.3) is 0 Å². The van der Waals surface area contributed by atoms with Crippen molar-refractivity contribution in [1.82, 2.24) is 10.2 Å². The van der Waals surface area contributed by atoms with Gasteiger partial charge in [0.15, 0.2) is 0 Å². The van der Waals surface area contributed by atoms with Crippen LogP contribution in [-0.2, 0) is 21.9 Å². The van der Waals surface area contributed by atoms with Crippen molar-refractivity contribution in [3.05, 3.63) is 68.7 Å². The maximum absolute atomic E-state index is 13.1. The van der Waals surface area contributed by atoms with Crippen LogP contribution in [0.5, 0.6) is 0 Å². The molecule has 2 amide bonds. The topological polar surface area (TPSA) is 49.4 Å². The Morgan fingerprint density at radius 2 is 1.74 bits per heavy atom. The van der Waals surface area contributed by atoms with Crippen LogP contribution in [0.15, 0.2) is 42.5 Å². The third-order valence-electron chi connectivity index (χ3n) is 4.39. The normalized spacial score (nSPS) is 12.4. The Bertz CT molecular complexity index is 931. The highest BCUT2D eigenvalue weighted by Crippen LogP contribution is 2.25. The van der Waals surface area contributed by atoms with Crippen molar-refractivity contribution in [3.63, 3.8) is 0 Å². The van der Waals surface area contributed by atoms with Gasteiger partial charge in [0, 0.05) is 22.9 Å². The van der Waals surface area contributed by atoms with Crippen LogP contribution in [0.3, 0.4) is 0 Å². The molecule has 2 rings (SSSR count). The molecule has 1 N–H and O–H groups in total. The molecule has 0 aliphatic rings. The molecule has 0 radical (unpaired) electrons. The summed E-state index contributed by atoms with van der Waals surface area (Å²) < 4.78 is 0. The first-order valence-corrected chi connectivity index (χ1v) is 12.1. The van der Waals surface area contributed by atoms with Gasteiger partial charge in [-0.15, -0.1) is 11.8 Å². The van der Waals surface area contributed by atoms with Crippen molar-refractivity contribution in [3.8, 4) is 0 Å². The molecule has 0 bridgehead atoms. The third kappa shape index (κ3) is 8.57. The van der Waals surface area contributed by atoms with E-state index in [-0.39, 0.29) is 17.6 Å². The maximum Gasteiger partial charge on any atom is 0.242 e. The fourth-order valence-corrected chi connectivity index (χ4v) is 4.25. The van der Waals surface area contributed by atoms with Crippen molar-refractivity contribution in [2.75, 3.05) is 5.75 Å². The molecule has 0 heterocycles. The van der Waals surface area contributed by atoms with Crippen molar-refractivity contribution in [2.45, 2.75) is 51.6 Å². The summed E-state index contributed by atoms with van der Waals surface area (Å²) in [5, 5.41) is 4.53. The lowest BCUT2D eigenvalue weighted by molar-refractivity contribution is -0.139. The average Bonchev–Trinajstić information content (AvgIpc) is 2.67. The van der Waals surface area contributed by atoms with Crippen LogP contribution in [0.4, 0.5) is 0 Å². The summed E-state index contributed by atoms with van der Waals surface area (Å²) in [5.41, 5.74) is 1.46. The van der Waals surface area contributed by atoms with Crippen molar-refractivity contribution in [2.24, 2.45) is 0 Å². The number of rotatable bonds is 8. The Hall–Kier alpha value is -1.40. The van der Waals surface area contributed by atoms with Gasteiger partial charge in [-0.1, -0.05) is 53.0 Å². The molecule has 1 atom stereocenters. The smallest absolute Gasteiger partial charge is 0.242 e. The highest BCUT2D eigenvalue weighted by Gasteiger charge is 2.28. The quantitative estimate of drug-likeness (QED) is 0.468. The largest absolute Gasteiger partial charge is 0.350 e. The minimum atomic E-state index is -0.628. The van der Waals surface area contributed by atoms with Crippen LogP contribution in [-0.4, -0.2) is 34.0 Å². The van der Waals surface area contributed by atoms with Crippen molar-refractivity contribution < 1.29 is 9.59 Å². The number of halogens is 3. The summed E-state index contributed by atoms with van der Waals surface area (Å²) in [7, 11) is 0. The van der Waals surface area contributed by atoms with Crippen LogP contribution in [0.2, 0.25) is 15.1 Å². The predicted octanol–water partition coefficient (Wildman–Crippen LogP) is 6.21. The summed E-state index contributed by atoms with van der Waals surface area (Å²) in [6, 6.07) is 12.1. The summed E-state index contributed by atoms with van der Waals surface area (Å²) in [6.07, 6.45) is 0. The monoisotopic (exact) mass is 500 g/mol. The van der Waals surface area contributed by atoms with Gasteiger partial charge in [-0.2, -0.15) is 0 Å². The predicted molar refractivity (Wildman–Crippen MR) is 132 cm³/mol. The minimum absolute atomic E-state index is 0.124. The number of hydrogen-bond donors (Lipinski definition) is 1. The zero-order valence-electron chi connectivity index (χ0n) is 18.0. The SMILES string of the molecule is C[C@H](C(=O)NC(C)(C)C)N(Cc1cccc(Cl)c1)C(=O)CSCc1ccc(Cl)c(Cl)c1. The van der Waals surface area contributed by atoms with Crippen LogP contribution in [0.1, 0.15) is 38.8 Å². The molecular weight excluding hydrogens is 475 g/mol. The third-order valence-corrected chi connectivity index (χ3v) is 6.35. The molecule has 168 valence electrons. The van der Waals surface area contributed by atoms with Gasteiger partial charge in [-0.05, 0) is 63.1 Å². The van der Waals surface area contributed by atoms with E-state index in [1.54, 1.807) is 36.1 Å². The molecule has 0 aliphatic carbocycles. The van der Waals surface area contributed by atoms with E-state index in [9.17, 15) is 9.59 Å². The number of nitrogens with one attached hydrogen (secondary N) is 1. The number of carbonyl (C=O) groups is 2. The molecule has 31 heavy (non-hydrogen) atoms. The number of carbonyl (C=O) groups excluding carboxylic acids is 2. The van der Waals surface area contributed by atoms with E-state index in [0.29, 0.717) is 27.4 Å². The van der Waals surface area contributed by atoms with Crippen molar-refractivity contribution in [1.29, 1.82) is 0 Å². The van der Waals surface area contributed by atoms with E-state index in [0.717, 1.165) is 11.1 Å². The summed E-state index contributed by atoms with van der Waals surface area (Å²) in [6.45, 7) is 7.77. The first-order valence-electron chi connectivity index (χ1n) is 9.84. The van der Waals surface area contributed by atoms with Crippen LogP contribution < -0.4 is 5.32 Å². The average molecular weight is 502 g/mol. The van der Waals surface area contributed by atoms with E-state index < -0.39 is 11.6 Å². The zero-order chi connectivity index (χ0) is 23.2. The van der Waals surface area contributed by atoms with Gasteiger partial charge in [0.2, 0.25) is 11.8 Å². The number of benzene rings is 2. The molecule has 0 unspecified atom stereocenters. The second kappa shape index (κ2) is 11.5. The number of nitrogens with zero attached hydrogens (tertiary/aromatic N) is 1. The highest BCUT2D eigenvalue weighted by molar-refractivity contribution is 7.99. The van der Waals surface area contributed by atoms with Gasteiger partial charge in [0.1, 0.15) is 6.04 Å². The summed E-state index contributed by atoms with van der Waals surface area (Å²) in [5.74, 6) is 0.517. The maximum atomic E-state index is 13.1. The first-order chi connectivity index (χ1) is 14.5. The number of thioether (sulfide) groups is 1. The molecule has 2 aromatic rings. The molecule has 4 nitrogen and oxygen atoms in total. The lowest BCUT2D eigenvalue weighted by Crippen LogP contribution is -2.52. The van der Waals surface area contributed by atoms with Crippen LogP contribution in [0, 0.1) is 0 Å². The van der Waals surface area contributed by atoms with Gasteiger partial charge in [0.25, 0.3) is 0 Å². The van der Waals surface area contributed by atoms with Crippen LogP contribution >= 0.6 is 46.6 Å². The van der Waals surface area contributed by atoms with E-state index in [1.807, 2.05) is 39.0 Å². The highest BCUT2D eigenvalue weighted by atomic mass is 35.5. The van der Waals surface area contributed by atoms with Gasteiger partial charge in [-0.25, -0.2) is 0 Å². The van der Waals surface area contributed by atoms with E-state index in [2.05, 4.69) is 5.32 Å².